The minimum Gasteiger partial charge on any atom is -0.497 e. The van der Waals surface area contributed by atoms with E-state index in [0.29, 0.717) is 13.1 Å². The van der Waals surface area contributed by atoms with Crippen molar-refractivity contribution >= 4 is 5.96 Å². The fraction of sp³-hybridized carbons (Fsp3) is 0.350. The summed E-state index contributed by atoms with van der Waals surface area (Å²) < 4.78 is 11.2. The first kappa shape index (κ1) is 18.6. The normalized spacial score (nSPS) is 12.4. The first-order valence-corrected chi connectivity index (χ1v) is 8.41. The van der Waals surface area contributed by atoms with Crippen LogP contribution in [0.3, 0.4) is 0 Å². The van der Waals surface area contributed by atoms with Crippen molar-refractivity contribution in [3.8, 4) is 11.5 Å². The van der Waals surface area contributed by atoms with Gasteiger partial charge in [0.05, 0.1) is 13.7 Å². The molecule has 5 nitrogen and oxygen atoms in total. The molecule has 0 radical (unpaired) electrons. The van der Waals surface area contributed by atoms with E-state index in [-0.39, 0.29) is 6.10 Å². The lowest BCUT2D eigenvalue weighted by molar-refractivity contribution is 0.223. The standard InChI is InChI=1S/C20H27N3O2/c1-15-7-5-10-19(11-15)25-16(2)13-22-20(21-3)23-14-17-8-6-9-18(12-17)24-4/h5-12,16H,13-14H2,1-4H3,(H2,21,22,23). The Hall–Kier alpha value is -2.69. The van der Waals surface area contributed by atoms with Gasteiger partial charge in [0.1, 0.15) is 17.6 Å². The molecule has 1 atom stereocenters. The van der Waals surface area contributed by atoms with Gasteiger partial charge in [-0.3, -0.25) is 4.99 Å². The molecule has 0 aliphatic heterocycles. The molecule has 2 rings (SSSR count). The van der Waals surface area contributed by atoms with Gasteiger partial charge in [0, 0.05) is 13.6 Å². The summed E-state index contributed by atoms with van der Waals surface area (Å²) in [6, 6.07) is 16.0. The molecule has 2 aromatic carbocycles. The van der Waals surface area contributed by atoms with Crippen LogP contribution in [0.25, 0.3) is 0 Å². The van der Waals surface area contributed by atoms with Crippen molar-refractivity contribution in [1.82, 2.24) is 10.6 Å². The Morgan fingerprint density at radius 3 is 2.56 bits per heavy atom. The van der Waals surface area contributed by atoms with E-state index in [4.69, 9.17) is 9.47 Å². The van der Waals surface area contributed by atoms with Crippen LogP contribution in [-0.2, 0) is 6.54 Å². The summed E-state index contributed by atoms with van der Waals surface area (Å²) in [6.45, 7) is 5.42. The van der Waals surface area contributed by atoms with Crippen molar-refractivity contribution in [1.29, 1.82) is 0 Å². The highest BCUT2D eigenvalue weighted by Crippen LogP contribution is 2.14. The van der Waals surface area contributed by atoms with Gasteiger partial charge in [-0.15, -0.1) is 0 Å². The Balaban J connectivity index is 1.79. The van der Waals surface area contributed by atoms with Crippen molar-refractivity contribution in [2.45, 2.75) is 26.5 Å². The summed E-state index contributed by atoms with van der Waals surface area (Å²) in [5.74, 6) is 2.47. The third-order valence-electron chi connectivity index (χ3n) is 3.70. The average Bonchev–Trinajstić information content (AvgIpc) is 2.62. The number of nitrogens with zero attached hydrogens (tertiary/aromatic N) is 1. The number of hydrogen-bond donors (Lipinski definition) is 2. The van der Waals surface area contributed by atoms with E-state index >= 15 is 0 Å². The predicted molar refractivity (Wildman–Crippen MR) is 102 cm³/mol. The molecule has 25 heavy (non-hydrogen) atoms. The zero-order valence-electron chi connectivity index (χ0n) is 15.4. The molecule has 0 aromatic heterocycles. The Kier molecular flexibility index (Phi) is 7.14. The van der Waals surface area contributed by atoms with E-state index in [9.17, 15) is 0 Å². The molecular weight excluding hydrogens is 314 g/mol. The predicted octanol–water partition coefficient (Wildman–Crippen LogP) is 3.14. The number of methoxy groups -OCH3 is 1. The second-order valence-electron chi connectivity index (χ2n) is 5.90. The molecule has 0 amide bonds. The molecule has 0 aliphatic rings. The molecule has 0 saturated carbocycles. The highest BCUT2D eigenvalue weighted by molar-refractivity contribution is 5.79. The van der Waals surface area contributed by atoms with Crippen LogP contribution in [0, 0.1) is 6.92 Å². The number of rotatable bonds is 7. The number of hydrogen-bond acceptors (Lipinski definition) is 3. The van der Waals surface area contributed by atoms with Crippen molar-refractivity contribution in [2.75, 3.05) is 20.7 Å². The third kappa shape index (κ3) is 6.37. The van der Waals surface area contributed by atoms with Crippen LogP contribution in [0.1, 0.15) is 18.1 Å². The van der Waals surface area contributed by atoms with E-state index in [1.54, 1.807) is 14.2 Å². The van der Waals surface area contributed by atoms with Gasteiger partial charge in [-0.25, -0.2) is 0 Å². The van der Waals surface area contributed by atoms with Gasteiger partial charge in [0.2, 0.25) is 0 Å². The maximum atomic E-state index is 5.92. The van der Waals surface area contributed by atoms with Crippen molar-refractivity contribution in [3.63, 3.8) is 0 Å². The van der Waals surface area contributed by atoms with Gasteiger partial charge in [0.25, 0.3) is 0 Å². The van der Waals surface area contributed by atoms with Crippen LogP contribution < -0.4 is 20.1 Å². The number of benzene rings is 2. The molecule has 0 bridgehead atoms. The summed E-state index contributed by atoms with van der Waals surface area (Å²) in [5.41, 5.74) is 2.32. The summed E-state index contributed by atoms with van der Waals surface area (Å²) in [7, 11) is 3.43. The molecule has 0 aliphatic carbocycles. The maximum absolute atomic E-state index is 5.92. The van der Waals surface area contributed by atoms with Crippen LogP contribution in [-0.4, -0.2) is 32.8 Å². The quantitative estimate of drug-likeness (QED) is 0.600. The second kappa shape index (κ2) is 9.57. The monoisotopic (exact) mass is 341 g/mol. The second-order valence-corrected chi connectivity index (χ2v) is 5.90. The first-order chi connectivity index (χ1) is 12.1. The smallest absolute Gasteiger partial charge is 0.191 e. The van der Waals surface area contributed by atoms with Gasteiger partial charge >= 0.3 is 0 Å². The molecule has 0 spiro atoms. The van der Waals surface area contributed by atoms with E-state index < -0.39 is 0 Å². The van der Waals surface area contributed by atoms with Crippen LogP contribution in [0.15, 0.2) is 53.5 Å². The minimum atomic E-state index is 0.0252. The van der Waals surface area contributed by atoms with Gasteiger partial charge in [-0.1, -0.05) is 24.3 Å². The summed E-state index contributed by atoms with van der Waals surface area (Å²) in [5, 5.41) is 6.58. The van der Waals surface area contributed by atoms with E-state index in [1.807, 2.05) is 49.4 Å². The van der Waals surface area contributed by atoms with Gasteiger partial charge < -0.3 is 20.1 Å². The Labute approximate surface area is 150 Å². The molecule has 1 unspecified atom stereocenters. The Morgan fingerprint density at radius 2 is 1.84 bits per heavy atom. The maximum Gasteiger partial charge on any atom is 0.191 e. The highest BCUT2D eigenvalue weighted by atomic mass is 16.5. The topological polar surface area (TPSA) is 54.9 Å². The van der Waals surface area contributed by atoms with Crippen molar-refractivity contribution < 1.29 is 9.47 Å². The lowest BCUT2D eigenvalue weighted by atomic mass is 10.2. The van der Waals surface area contributed by atoms with Gasteiger partial charge in [-0.2, -0.15) is 0 Å². The van der Waals surface area contributed by atoms with Crippen LogP contribution >= 0.6 is 0 Å². The van der Waals surface area contributed by atoms with Crippen molar-refractivity contribution in [3.05, 3.63) is 59.7 Å². The first-order valence-electron chi connectivity index (χ1n) is 8.41. The number of ether oxygens (including phenoxy) is 2. The Morgan fingerprint density at radius 1 is 1.08 bits per heavy atom. The van der Waals surface area contributed by atoms with Gasteiger partial charge in [0.15, 0.2) is 5.96 Å². The molecule has 2 aromatic rings. The lowest BCUT2D eigenvalue weighted by Gasteiger charge is -2.18. The molecule has 5 heteroatoms. The number of nitrogens with one attached hydrogen (secondary N) is 2. The third-order valence-corrected chi connectivity index (χ3v) is 3.70. The van der Waals surface area contributed by atoms with Crippen LogP contribution in [0.5, 0.6) is 11.5 Å². The largest absolute Gasteiger partial charge is 0.497 e. The fourth-order valence-corrected chi connectivity index (χ4v) is 2.39. The van der Waals surface area contributed by atoms with E-state index in [1.165, 1.54) is 5.56 Å². The number of guanidine groups is 1. The minimum absolute atomic E-state index is 0.0252. The zero-order valence-corrected chi connectivity index (χ0v) is 15.4. The van der Waals surface area contributed by atoms with E-state index in [0.717, 1.165) is 23.0 Å². The molecule has 0 heterocycles. The molecule has 134 valence electrons. The summed E-state index contributed by atoms with van der Waals surface area (Å²) >= 11 is 0. The summed E-state index contributed by atoms with van der Waals surface area (Å²) in [4.78, 5) is 4.25. The average molecular weight is 341 g/mol. The molecule has 2 N–H and O–H groups in total. The van der Waals surface area contributed by atoms with Crippen LogP contribution in [0.2, 0.25) is 0 Å². The number of aliphatic imine (C=N–C) groups is 1. The fourth-order valence-electron chi connectivity index (χ4n) is 2.39. The Bertz CT molecular complexity index is 701. The van der Waals surface area contributed by atoms with Crippen molar-refractivity contribution in [2.24, 2.45) is 4.99 Å². The molecule has 0 saturated heterocycles. The SMILES string of the molecule is CN=C(NCc1cccc(OC)c1)NCC(C)Oc1cccc(C)c1. The van der Waals surface area contributed by atoms with Gasteiger partial charge in [-0.05, 0) is 49.2 Å². The van der Waals surface area contributed by atoms with Crippen LogP contribution in [0.4, 0.5) is 0 Å². The number of aryl methyl sites for hydroxylation is 1. The van der Waals surface area contributed by atoms with E-state index in [2.05, 4.69) is 28.6 Å². The molecular formula is C20H27N3O2. The summed E-state index contributed by atoms with van der Waals surface area (Å²) in [6.07, 6.45) is 0.0252. The highest BCUT2D eigenvalue weighted by Gasteiger charge is 2.06. The zero-order chi connectivity index (χ0) is 18.1. The molecule has 0 fully saturated rings. The lowest BCUT2D eigenvalue weighted by Crippen LogP contribution is -2.41.